The molecule has 0 aromatic heterocycles. The van der Waals surface area contributed by atoms with Crippen LogP contribution in [0.25, 0.3) is 0 Å². The smallest absolute Gasteiger partial charge is 0.326 e. The Hall–Kier alpha value is -2.08. The lowest BCUT2D eigenvalue weighted by Crippen LogP contribution is -2.42. The van der Waals surface area contributed by atoms with Crippen LogP contribution in [0.5, 0.6) is 5.75 Å². The van der Waals surface area contributed by atoms with E-state index >= 15 is 0 Å². The summed E-state index contributed by atoms with van der Waals surface area (Å²) in [4.78, 5) is 28.4. The van der Waals surface area contributed by atoms with Gasteiger partial charge in [-0.3, -0.25) is 9.59 Å². The molecule has 1 amide bonds. The molecular formula is C19H30N2O4. The van der Waals surface area contributed by atoms with Crippen LogP contribution in [-0.2, 0) is 9.53 Å². The molecule has 0 saturated carbocycles. The Balaban J connectivity index is 2.86. The molecule has 25 heavy (non-hydrogen) atoms. The van der Waals surface area contributed by atoms with Gasteiger partial charge in [-0.1, -0.05) is 0 Å². The number of nitrogens with zero attached hydrogens (tertiary/aromatic N) is 2. The number of esters is 1. The zero-order chi connectivity index (χ0) is 19.0. The van der Waals surface area contributed by atoms with Crippen molar-refractivity contribution in [3.05, 3.63) is 29.8 Å². The van der Waals surface area contributed by atoms with E-state index < -0.39 is 11.6 Å². The summed E-state index contributed by atoms with van der Waals surface area (Å²) >= 11 is 0. The highest BCUT2D eigenvalue weighted by atomic mass is 16.6. The summed E-state index contributed by atoms with van der Waals surface area (Å²) in [6.45, 7) is 8.93. The van der Waals surface area contributed by atoms with Crippen molar-refractivity contribution in [1.29, 1.82) is 0 Å². The maximum Gasteiger partial charge on any atom is 0.326 e. The highest BCUT2D eigenvalue weighted by Gasteiger charge is 2.23. The third kappa shape index (κ3) is 8.03. The van der Waals surface area contributed by atoms with Crippen molar-refractivity contribution in [2.45, 2.75) is 33.3 Å². The van der Waals surface area contributed by atoms with E-state index in [0.29, 0.717) is 31.0 Å². The standard InChI is InChI=1S/C19H30N2O4/c1-7-24-16-10-8-15(9-11-16)18(23)21(13-12-20(5)6)14-17(22)25-19(2,3)4/h8-11H,7,12-14H2,1-6H3. The van der Waals surface area contributed by atoms with Crippen LogP contribution in [0, 0.1) is 0 Å². The van der Waals surface area contributed by atoms with Crippen LogP contribution in [0.4, 0.5) is 0 Å². The minimum Gasteiger partial charge on any atom is -0.494 e. The molecule has 0 radical (unpaired) electrons. The first kappa shape index (κ1) is 21.0. The molecule has 0 atom stereocenters. The second-order valence-corrected chi connectivity index (χ2v) is 7.07. The van der Waals surface area contributed by atoms with Crippen molar-refractivity contribution in [2.24, 2.45) is 0 Å². The predicted molar refractivity (Wildman–Crippen MR) is 97.9 cm³/mol. The lowest BCUT2D eigenvalue weighted by Gasteiger charge is -2.26. The van der Waals surface area contributed by atoms with Crippen molar-refractivity contribution < 1.29 is 19.1 Å². The largest absolute Gasteiger partial charge is 0.494 e. The molecule has 1 aromatic rings. The summed E-state index contributed by atoms with van der Waals surface area (Å²) in [5, 5.41) is 0. The van der Waals surface area contributed by atoms with Gasteiger partial charge in [0.05, 0.1) is 6.61 Å². The molecule has 0 saturated heterocycles. The lowest BCUT2D eigenvalue weighted by atomic mass is 10.2. The third-order valence-electron chi connectivity index (χ3n) is 3.26. The second kappa shape index (κ2) is 9.42. The Bertz CT molecular complexity index is 562. The average molecular weight is 350 g/mol. The first-order valence-electron chi connectivity index (χ1n) is 8.51. The van der Waals surface area contributed by atoms with Crippen LogP contribution in [0.2, 0.25) is 0 Å². The van der Waals surface area contributed by atoms with Gasteiger partial charge >= 0.3 is 5.97 Å². The van der Waals surface area contributed by atoms with E-state index in [9.17, 15) is 9.59 Å². The molecule has 0 aliphatic heterocycles. The fourth-order valence-electron chi connectivity index (χ4n) is 2.15. The average Bonchev–Trinajstić information content (AvgIpc) is 2.50. The number of likely N-dealkylation sites (N-methyl/N-ethyl adjacent to an activating group) is 1. The lowest BCUT2D eigenvalue weighted by molar-refractivity contribution is -0.155. The number of carbonyl (C=O) groups is 2. The van der Waals surface area contributed by atoms with Crippen LogP contribution in [-0.4, -0.2) is 67.6 Å². The van der Waals surface area contributed by atoms with Crippen LogP contribution >= 0.6 is 0 Å². The number of hydrogen-bond acceptors (Lipinski definition) is 5. The van der Waals surface area contributed by atoms with Crippen molar-refractivity contribution in [2.75, 3.05) is 40.3 Å². The van der Waals surface area contributed by atoms with Gasteiger partial charge in [0.1, 0.15) is 17.9 Å². The molecule has 0 aliphatic rings. The molecule has 0 unspecified atom stereocenters. The Morgan fingerprint density at radius 2 is 1.64 bits per heavy atom. The Labute approximate surface area is 150 Å². The van der Waals surface area contributed by atoms with Crippen molar-refractivity contribution >= 4 is 11.9 Å². The topological polar surface area (TPSA) is 59.1 Å². The third-order valence-corrected chi connectivity index (χ3v) is 3.26. The fourth-order valence-corrected chi connectivity index (χ4v) is 2.15. The highest BCUT2D eigenvalue weighted by Crippen LogP contribution is 2.14. The molecule has 6 nitrogen and oxygen atoms in total. The highest BCUT2D eigenvalue weighted by molar-refractivity contribution is 5.96. The van der Waals surface area contributed by atoms with E-state index in [-0.39, 0.29) is 12.5 Å². The first-order chi connectivity index (χ1) is 11.6. The summed E-state index contributed by atoms with van der Waals surface area (Å²) in [6.07, 6.45) is 0. The molecule has 0 bridgehead atoms. The van der Waals surface area contributed by atoms with Crippen molar-refractivity contribution in [3.63, 3.8) is 0 Å². The molecule has 0 aliphatic carbocycles. The normalized spacial score (nSPS) is 11.3. The fraction of sp³-hybridized carbons (Fsp3) is 0.579. The monoisotopic (exact) mass is 350 g/mol. The van der Waals surface area contributed by atoms with Gasteiger partial charge in [-0.05, 0) is 66.1 Å². The molecule has 0 heterocycles. The molecule has 1 aromatic carbocycles. The number of ether oxygens (including phenoxy) is 2. The zero-order valence-electron chi connectivity index (χ0n) is 16.2. The SMILES string of the molecule is CCOc1ccc(C(=O)N(CCN(C)C)CC(=O)OC(C)(C)C)cc1. The van der Waals surface area contributed by atoms with Gasteiger partial charge < -0.3 is 19.3 Å². The minimum absolute atomic E-state index is 0.0723. The Morgan fingerprint density at radius 1 is 1.04 bits per heavy atom. The number of carbonyl (C=O) groups excluding carboxylic acids is 2. The van der Waals surface area contributed by atoms with E-state index in [0.717, 1.165) is 0 Å². The van der Waals surface area contributed by atoms with Gasteiger partial charge in [0.15, 0.2) is 0 Å². The molecular weight excluding hydrogens is 320 g/mol. The van der Waals surface area contributed by atoms with E-state index in [4.69, 9.17) is 9.47 Å². The molecule has 0 spiro atoms. The van der Waals surface area contributed by atoms with Crippen LogP contribution in [0.1, 0.15) is 38.1 Å². The first-order valence-corrected chi connectivity index (χ1v) is 8.51. The molecule has 0 N–H and O–H groups in total. The number of rotatable bonds is 8. The van der Waals surface area contributed by atoms with E-state index in [1.54, 1.807) is 24.3 Å². The molecule has 1 rings (SSSR count). The Kier molecular flexibility index (Phi) is 7.90. The van der Waals surface area contributed by atoms with Gasteiger partial charge in [-0.2, -0.15) is 0 Å². The number of hydrogen-bond donors (Lipinski definition) is 0. The van der Waals surface area contributed by atoms with Crippen molar-refractivity contribution in [1.82, 2.24) is 9.80 Å². The number of benzene rings is 1. The minimum atomic E-state index is -0.577. The quantitative estimate of drug-likeness (QED) is 0.674. The van der Waals surface area contributed by atoms with E-state index in [1.807, 2.05) is 46.7 Å². The summed E-state index contributed by atoms with van der Waals surface area (Å²) in [6, 6.07) is 6.94. The molecule has 6 heteroatoms. The summed E-state index contributed by atoms with van der Waals surface area (Å²) < 4.78 is 10.7. The van der Waals surface area contributed by atoms with Crippen LogP contribution in [0.15, 0.2) is 24.3 Å². The van der Waals surface area contributed by atoms with Crippen molar-refractivity contribution in [3.8, 4) is 5.75 Å². The van der Waals surface area contributed by atoms with E-state index in [2.05, 4.69) is 0 Å². The van der Waals surface area contributed by atoms with Gasteiger partial charge in [-0.25, -0.2) is 0 Å². The molecule has 0 fully saturated rings. The Morgan fingerprint density at radius 3 is 2.12 bits per heavy atom. The maximum atomic E-state index is 12.8. The van der Waals surface area contributed by atoms with Gasteiger partial charge in [0.25, 0.3) is 5.91 Å². The van der Waals surface area contributed by atoms with Gasteiger partial charge in [0.2, 0.25) is 0 Å². The summed E-state index contributed by atoms with van der Waals surface area (Å²) in [5.74, 6) is 0.104. The number of amides is 1. The van der Waals surface area contributed by atoms with Gasteiger partial charge in [-0.15, -0.1) is 0 Å². The molecule has 140 valence electrons. The summed E-state index contributed by atoms with van der Waals surface area (Å²) in [5.41, 5.74) is -0.0577. The summed E-state index contributed by atoms with van der Waals surface area (Å²) in [7, 11) is 3.85. The van der Waals surface area contributed by atoms with Crippen LogP contribution < -0.4 is 4.74 Å². The predicted octanol–water partition coefficient (Wildman–Crippen LogP) is 2.43. The van der Waals surface area contributed by atoms with E-state index in [1.165, 1.54) is 4.90 Å². The maximum absolute atomic E-state index is 12.8. The van der Waals surface area contributed by atoms with Gasteiger partial charge in [0, 0.05) is 18.7 Å². The second-order valence-electron chi connectivity index (χ2n) is 7.07. The van der Waals surface area contributed by atoms with Crippen LogP contribution in [0.3, 0.4) is 0 Å². The zero-order valence-corrected chi connectivity index (χ0v) is 16.2.